The standard InChI is InChI=1S/C18H22N2O2/c1-13-8-9-16(10-14(13)2)20-18(21)12-19-11-15-6-4-5-7-17(15)22-3/h4-10,19H,11-12H2,1-3H3,(H,20,21). The summed E-state index contributed by atoms with van der Waals surface area (Å²) in [7, 11) is 1.64. The van der Waals surface area contributed by atoms with E-state index < -0.39 is 0 Å². The fourth-order valence-corrected chi connectivity index (χ4v) is 2.18. The van der Waals surface area contributed by atoms with Gasteiger partial charge in [0.1, 0.15) is 5.75 Å². The summed E-state index contributed by atoms with van der Waals surface area (Å²) in [5.74, 6) is 0.766. The van der Waals surface area contributed by atoms with Gasteiger partial charge in [-0.15, -0.1) is 0 Å². The van der Waals surface area contributed by atoms with Crippen LogP contribution in [0.1, 0.15) is 16.7 Å². The summed E-state index contributed by atoms with van der Waals surface area (Å²) in [6.07, 6.45) is 0. The van der Waals surface area contributed by atoms with Crippen LogP contribution in [0.4, 0.5) is 5.69 Å². The van der Waals surface area contributed by atoms with Crippen LogP contribution >= 0.6 is 0 Å². The molecule has 0 unspecified atom stereocenters. The fraction of sp³-hybridized carbons (Fsp3) is 0.278. The number of anilines is 1. The van der Waals surface area contributed by atoms with Crippen molar-refractivity contribution in [2.75, 3.05) is 19.0 Å². The third-order valence-corrected chi connectivity index (χ3v) is 3.58. The zero-order valence-corrected chi connectivity index (χ0v) is 13.3. The van der Waals surface area contributed by atoms with Crippen LogP contribution in [0, 0.1) is 13.8 Å². The van der Waals surface area contributed by atoms with Crippen LogP contribution in [0.5, 0.6) is 5.75 Å². The Bertz CT molecular complexity index is 653. The number of carbonyl (C=O) groups excluding carboxylic acids is 1. The van der Waals surface area contributed by atoms with Gasteiger partial charge in [0.15, 0.2) is 0 Å². The molecule has 4 heteroatoms. The summed E-state index contributed by atoms with van der Waals surface area (Å²) in [5.41, 5.74) is 4.24. The lowest BCUT2D eigenvalue weighted by Gasteiger charge is -2.10. The van der Waals surface area contributed by atoms with Crippen LogP contribution in [0.15, 0.2) is 42.5 Å². The van der Waals surface area contributed by atoms with Gasteiger partial charge in [0.2, 0.25) is 5.91 Å². The number of amides is 1. The average molecular weight is 298 g/mol. The number of ether oxygens (including phenoxy) is 1. The van der Waals surface area contributed by atoms with E-state index in [9.17, 15) is 4.79 Å². The van der Waals surface area contributed by atoms with Gasteiger partial charge < -0.3 is 15.4 Å². The molecule has 22 heavy (non-hydrogen) atoms. The van der Waals surface area contributed by atoms with Crippen LogP contribution in [0.3, 0.4) is 0 Å². The molecule has 0 saturated heterocycles. The Morgan fingerprint density at radius 1 is 1.09 bits per heavy atom. The van der Waals surface area contributed by atoms with Crippen LogP contribution in [0.25, 0.3) is 0 Å². The molecule has 2 rings (SSSR count). The van der Waals surface area contributed by atoms with E-state index in [1.54, 1.807) is 7.11 Å². The molecule has 0 aliphatic heterocycles. The first-order chi connectivity index (χ1) is 10.6. The zero-order valence-electron chi connectivity index (χ0n) is 13.3. The van der Waals surface area contributed by atoms with Crippen molar-refractivity contribution < 1.29 is 9.53 Å². The van der Waals surface area contributed by atoms with Gasteiger partial charge in [0.25, 0.3) is 0 Å². The summed E-state index contributed by atoms with van der Waals surface area (Å²) >= 11 is 0. The molecule has 0 fully saturated rings. The van der Waals surface area contributed by atoms with Gasteiger partial charge in [0.05, 0.1) is 13.7 Å². The lowest BCUT2D eigenvalue weighted by Crippen LogP contribution is -2.27. The lowest BCUT2D eigenvalue weighted by molar-refractivity contribution is -0.115. The smallest absolute Gasteiger partial charge is 0.238 e. The number of carbonyl (C=O) groups is 1. The topological polar surface area (TPSA) is 50.4 Å². The molecular weight excluding hydrogens is 276 g/mol. The first kappa shape index (κ1) is 16.0. The number of para-hydroxylation sites is 1. The van der Waals surface area contributed by atoms with Crippen LogP contribution in [-0.2, 0) is 11.3 Å². The maximum Gasteiger partial charge on any atom is 0.238 e. The fourth-order valence-electron chi connectivity index (χ4n) is 2.18. The highest BCUT2D eigenvalue weighted by atomic mass is 16.5. The maximum absolute atomic E-state index is 11.9. The van der Waals surface area contributed by atoms with Crippen molar-refractivity contribution in [3.05, 3.63) is 59.2 Å². The molecule has 0 aromatic heterocycles. The highest BCUT2D eigenvalue weighted by molar-refractivity contribution is 5.92. The third-order valence-electron chi connectivity index (χ3n) is 3.58. The number of methoxy groups -OCH3 is 1. The molecule has 0 radical (unpaired) electrons. The second kappa shape index (κ2) is 7.61. The van der Waals surface area contributed by atoms with Gasteiger partial charge >= 0.3 is 0 Å². The second-order valence-corrected chi connectivity index (χ2v) is 5.26. The lowest BCUT2D eigenvalue weighted by atomic mass is 10.1. The molecule has 0 heterocycles. The molecule has 0 spiro atoms. The molecule has 0 aliphatic rings. The van der Waals surface area contributed by atoms with E-state index >= 15 is 0 Å². The maximum atomic E-state index is 11.9. The number of benzene rings is 2. The minimum absolute atomic E-state index is 0.0573. The predicted octanol–water partition coefficient (Wildman–Crippen LogP) is 3.04. The first-order valence-corrected chi connectivity index (χ1v) is 7.30. The van der Waals surface area contributed by atoms with Crippen LogP contribution < -0.4 is 15.4 Å². The van der Waals surface area contributed by atoms with Gasteiger partial charge in [-0.25, -0.2) is 0 Å². The summed E-state index contributed by atoms with van der Waals surface area (Å²) in [6, 6.07) is 13.7. The van der Waals surface area contributed by atoms with Crippen molar-refractivity contribution >= 4 is 11.6 Å². The normalized spacial score (nSPS) is 10.3. The SMILES string of the molecule is COc1ccccc1CNCC(=O)Nc1ccc(C)c(C)c1. The molecular formula is C18H22N2O2. The molecule has 0 bridgehead atoms. The van der Waals surface area contributed by atoms with Crippen LogP contribution in [0.2, 0.25) is 0 Å². The Kier molecular flexibility index (Phi) is 5.55. The molecule has 2 aromatic rings. The Morgan fingerprint density at radius 3 is 2.59 bits per heavy atom. The molecule has 0 aliphatic carbocycles. The summed E-state index contributed by atoms with van der Waals surface area (Å²) in [4.78, 5) is 11.9. The first-order valence-electron chi connectivity index (χ1n) is 7.30. The summed E-state index contributed by atoms with van der Waals surface area (Å²) in [6.45, 7) is 4.93. The number of hydrogen-bond donors (Lipinski definition) is 2. The average Bonchev–Trinajstić information content (AvgIpc) is 2.51. The van der Waals surface area contributed by atoms with E-state index in [1.165, 1.54) is 11.1 Å². The largest absolute Gasteiger partial charge is 0.496 e. The van der Waals surface area contributed by atoms with Crippen molar-refractivity contribution in [1.29, 1.82) is 0 Å². The van der Waals surface area contributed by atoms with E-state index in [1.807, 2.05) is 49.4 Å². The van der Waals surface area contributed by atoms with Gasteiger partial charge in [0, 0.05) is 17.8 Å². The van der Waals surface area contributed by atoms with Gasteiger partial charge in [-0.1, -0.05) is 24.3 Å². The van der Waals surface area contributed by atoms with Gasteiger partial charge in [-0.3, -0.25) is 4.79 Å². The monoisotopic (exact) mass is 298 g/mol. The molecule has 0 atom stereocenters. The molecule has 2 N–H and O–H groups in total. The summed E-state index contributed by atoms with van der Waals surface area (Å²) in [5, 5.41) is 6.02. The molecule has 116 valence electrons. The predicted molar refractivity (Wildman–Crippen MR) is 89.2 cm³/mol. The van der Waals surface area contributed by atoms with E-state index in [4.69, 9.17) is 4.74 Å². The number of rotatable bonds is 6. The Hall–Kier alpha value is -2.33. The minimum Gasteiger partial charge on any atom is -0.496 e. The molecule has 0 saturated carbocycles. The van der Waals surface area contributed by atoms with Crippen molar-refractivity contribution in [2.45, 2.75) is 20.4 Å². The Balaban J connectivity index is 1.84. The van der Waals surface area contributed by atoms with Gasteiger partial charge in [-0.2, -0.15) is 0 Å². The number of hydrogen-bond acceptors (Lipinski definition) is 3. The zero-order chi connectivity index (χ0) is 15.9. The quantitative estimate of drug-likeness (QED) is 0.862. The number of aryl methyl sites for hydroxylation is 2. The third kappa shape index (κ3) is 4.33. The molecule has 4 nitrogen and oxygen atoms in total. The van der Waals surface area contributed by atoms with Crippen LogP contribution in [-0.4, -0.2) is 19.6 Å². The highest BCUT2D eigenvalue weighted by Gasteiger charge is 2.05. The minimum atomic E-state index is -0.0573. The molecule has 2 aromatic carbocycles. The van der Waals surface area contributed by atoms with E-state index in [0.29, 0.717) is 6.54 Å². The molecule has 1 amide bonds. The summed E-state index contributed by atoms with van der Waals surface area (Å²) < 4.78 is 5.28. The van der Waals surface area contributed by atoms with E-state index in [2.05, 4.69) is 17.6 Å². The number of nitrogens with one attached hydrogen (secondary N) is 2. The van der Waals surface area contributed by atoms with Crippen molar-refractivity contribution in [2.24, 2.45) is 0 Å². The van der Waals surface area contributed by atoms with Gasteiger partial charge in [-0.05, 0) is 43.2 Å². The van der Waals surface area contributed by atoms with E-state index in [0.717, 1.165) is 17.0 Å². The Labute approximate surface area is 131 Å². The van der Waals surface area contributed by atoms with Crippen molar-refractivity contribution in [3.63, 3.8) is 0 Å². The van der Waals surface area contributed by atoms with E-state index in [-0.39, 0.29) is 12.5 Å². The van der Waals surface area contributed by atoms with Crippen molar-refractivity contribution in [3.8, 4) is 5.75 Å². The highest BCUT2D eigenvalue weighted by Crippen LogP contribution is 2.16. The van der Waals surface area contributed by atoms with Crippen molar-refractivity contribution in [1.82, 2.24) is 5.32 Å². The second-order valence-electron chi connectivity index (χ2n) is 5.26. The Morgan fingerprint density at radius 2 is 1.86 bits per heavy atom.